The second-order valence-electron chi connectivity index (χ2n) is 3.37. The Hall–Kier alpha value is -0.620. The first-order valence-electron chi connectivity index (χ1n) is 4.96. The van der Waals surface area contributed by atoms with Gasteiger partial charge in [-0.15, -0.1) is 4.91 Å². The summed E-state index contributed by atoms with van der Waals surface area (Å²) in [5.74, 6) is 0.0719. The van der Waals surface area contributed by atoms with Gasteiger partial charge in [0.15, 0.2) is 0 Å². The summed E-state index contributed by atoms with van der Waals surface area (Å²) in [7, 11) is -4.31. The molecule has 0 fully saturated rings. The van der Waals surface area contributed by atoms with E-state index in [1.165, 1.54) is 6.92 Å². The second-order valence-corrected chi connectivity index (χ2v) is 4.77. The van der Waals surface area contributed by atoms with Crippen LogP contribution in [0.3, 0.4) is 0 Å². The van der Waals surface area contributed by atoms with Gasteiger partial charge in [0, 0.05) is 24.0 Å². The van der Waals surface area contributed by atoms with E-state index in [-0.39, 0.29) is 25.0 Å². The molecule has 0 saturated carbocycles. The van der Waals surface area contributed by atoms with Crippen molar-refractivity contribution in [1.29, 1.82) is 0 Å². The van der Waals surface area contributed by atoms with E-state index in [1.807, 2.05) is 11.9 Å². The van der Waals surface area contributed by atoms with Gasteiger partial charge >= 0.3 is 7.75 Å². The molecule has 2 unspecified atom stereocenters. The molecular weight excluding hydrogens is 235 g/mol. The molecule has 0 aliphatic rings. The molecule has 7 nitrogen and oxygen atoms in total. The largest absolute Gasteiger partial charge is 0.487 e. The third-order valence-corrected chi connectivity index (χ3v) is 2.65. The first-order chi connectivity index (χ1) is 7.41. The summed E-state index contributed by atoms with van der Waals surface area (Å²) in [6.45, 7) is 3.60. The first-order valence-corrected chi connectivity index (χ1v) is 6.49. The van der Waals surface area contributed by atoms with Crippen LogP contribution in [-0.2, 0) is 13.9 Å². The highest BCUT2D eigenvalue weighted by Gasteiger charge is 2.19. The fourth-order valence-corrected chi connectivity index (χ4v) is 1.54. The maximum atomic E-state index is 10.8. The molecule has 0 rings (SSSR count). The van der Waals surface area contributed by atoms with Crippen LogP contribution in [0, 0.1) is 4.91 Å². The van der Waals surface area contributed by atoms with E-state index >= 15 is 0 Å². The van der Waals surface area contributed by atoms with Crippen LogP contribution >= 0.6 is 7.75 Å². The highest BCUT2D eigenvalue weighted by molar-refractivity contribution is 7.51. The van der Waals surface area contributed by atoms with Crippen molar-refractivity contribution in [3.8, 4) is 0 Å². The summed E-state index contributed by atoms with van der Waals surface area (Å²) in [5, 5.41) is 2.98. The predicted octanol–water partition coefficient (Wildman–Crippen LogP) is 1.22. The Morgan fingerprint density at radius 2 is 2.25 bits per heavy atom. The number of carbonyl (C=O) groups excluding carboxylic acids is 1. The smallest absolute Gasteiger partial charge is 0.311 e. The molecule has 2 N–H and O–H groups in total. The Balaban J connectivity index is 3.75. The van der Waals surface area contributed by atoms with Crippen LogP contribution in [0.15, 0.2) is 4.95 Å². The Morgan fingerprint density at radius 1 is 1.62 bits per heavy atom. The summed E-state index contributed by atoms with van der Waals surface area (Å²) in [6, 6.07) is 0.0170. The number of carbonyl (C=O) groups is 1. The van der Waals surface area contributed by atoms with Crippen molar-refractivity contribution in [3.63, 3.8) is 0 Å². The van der Waals surface area contributed by atoms with Crippen molar-refractivity contribution >= 4 is 13.5 Å². The summed E-state index contributed by atoms with van der Waals surface area (Å²) >= 11 is 0. The van der Waals surface area contributed by atoms with Crippen LogP contribution in [0.5, 0.6) is 0 Å². The normalized spacial score (nSPS) is 16.4. The van der Waals surface area contributed by atoms with Crippen LogP contribution in [0.2, 0.25) is 0 Å². The van der Waals surface area contributed by atoms with Gasteiger partial charge in [-0.05, 0) is 13.3 Å². The Bertz CT molecular complexity index is 284. The molecular formula is C8H17N2O5P. The lowest BCUT2D eigenvalue weighted by Gasteiger charge is -2.15. The third-order valence-electron chi connectivity index (χ3n) is 1.92. The third kappa shape index (κ3) is 7.64. The molecule has 0 amide bonds. The van der Waals surface area contributed by atoms with Crippen molar-refractivity contribution in [2.45, 2.75) is 32.7 Å². The number of hydrogen-bond acceptors (Lipinski definition) is 5. The van der Waals surface area contributed by atoms with Crippen LogP contribution in [0.25, 0.3) is 0 Å². The fraction of sp³-hybridized carbons (Fsp3) is 0.875. The fourth-order valence-electron chi connectivity index (χ4n) is 1.16. The Morgan fingerprint density at radius 3 is 2.69 bits per heavy atom. The van der Waals surface area contributed by atoms with E-state index in [4.69, 9.17) is 4.89 Å². The first kappa shape index (κ1) is 15.4. The van der Waals surface area contributed by atoms with E-state index in [2.05, 4.69) is 9.84 Å². The van der Waals surface area contributed by atoms with Gasteiger partial charge in [-0.25, -0.2) is 4.57 Å². The summed E-state index contributed by atoms with van der Waals surface area (Å²) in [4.78, 5) is 31.3. The maximum absolute atomic E-state index is 10.8. The van der Waals surface area contributed by atoms with E-state index in [0.717, 1.165) is 6.42 Å². The van der Waals surface area contributed by atoms with E-state index in [9.17, 15) is 14.3 Å². The molecule has 16 heavy (non-hydrogen) atoms. The van der Waals surface area contributed by atoms with Gasteiger partial charge in [0.05, 0.1) is 6.61 Å². The molecule has 8 heteroatoms. The number of nitroso groups, excluding NO2 is 1. The lowest BCUT2D eigenvalue weighted by Crippen LogP contribution is -2.32. The van der Waals surface area contributed by atoms with Crippen molar-refractivity contribution in [3.05, 3.63) is 4.91 Å². The topological polar surface area (TPSA) is 105 Å². The van der Waals surface area contributed by atoms with Crippen molar-refractivity contribution < 1.29 is 18.8 Å². The Kier molecular flexibility index (Phi) is 7.33. The minimum absolute atomic E-state index is 0.0170. The Labute approximate surface area is 94.1 Å². The molecule has 0 spiro atoms. The molecule has 0 aliphatic heterocycles. The second kappa shape index (κ2) is 7.62. The molecule has 0 aromatic carbocycles. The van der Waals surface area contributed by atoms with Gasteiger partial charge in [-0.3, -0.25) is 9.32 Å². The van der Waals surface area contributed by atoms with Crippen molar-refractivity contribution in [2.24, 2.45) is 4.95 Å². The molecule has 0 aromatic rings. The number of ketones is 1. The zero-order chi connectivity index (χ0) is 12.6. The van der Waals surface area contributed by atoms with Crippen LogP contribution in [0.1, 0.15) is 26.7 Å². The van der Waals surface area contributed by atoms with E-state index in [0.29, 0.717) is 6.42 Å². The predicted molar refractivity (Wildman–Crippen MR) is 59.0 cm³/mol. The standard InChI is InChI=1S/C8H17N2O5P/c1-3-8(6-7(2)11)9-4-5-15-16(13,14)10-12/h8-9H,3-6H2,1-2H3,(H,13,14). The number of Topliss-reactive ketones (excluding diaryl/α,β-unsaturated/α-hetero) is 1. The van der Waals surface area contributed by atoms with Crippen molar-refractivity contribution in [1.82, 2.24) is 5.32 Å². The van der Waals surface area contributed by atoms with Gasteiger partial charge in [-0.1, -0.05) is 6.92 Å². The van der Waals surface area contributed by atoms with Gasteiger partial charge in [-0.2, -0.15) is 0 Å². The highest BCUT2D eigenvalue weighted by atomic mass is 31.2. The SMILES string of the molecule is CCC(CC(C)=O)NCCOP(=O)(O)N=O. The van der Waals surface area contributed by atoms with Crippen LogP contribution in [0.4, 0.5) is 0 Å². The van der Waals surface area contributed by atoms with Gasteiger partial charge in [0.2, 0.25) is 0 Å². The zero-order valence-electron chi connectivity index (χ0n) is 9.38. The molecule has 0 saturated heterocycles. The highest BCUT2D eigenvalue weighted by Crippen LogP contribution is 2.42. The average Bonchev–Trinajstić information content (AvgIpc) is 2.22. The quantitative estimate of drug-likeness (QED) is 0.363. The molecule has 0 radical (unpaired) electrons. The molecule has 0 aromatic heterocycles. The number of rotatable bonds is 9. The minimum Gasteiger partial charge on any atom is -0.311 e. The lowest BCUT2D eigenvalue weighted by molar-refractivity contribution is -0.117. The molecule has 0 heterocycles. The van der Waals surface area contributed by atoms with Crippen LogP contribution < -0.4 is 5.32 Å². The van der Waals surface area contributed by atoms with Gasteiger partial charge < -0.3 is 10.2 Å². The molecule has 94 valence electrons. The summed E-state index contributed by atoms with van der Waals surface area (Å²) < 4.78 is 15.0. The molecule has 0 aliphatic carbocycles. The number of hydrogen-bond donors (Lipinski definition) is 2. The molecule has 2 atom stereocenters. The van der Waals surface area contributed by atoms with Gasteiger partial charge in [0.25, 0.3) is 0 Å². The van der Waals surface area contributed by atoms with E-state index < -0.39 is 7.75 Å². The maximum Gasteiger partial charge on any atom is 0.487 e. The number of nitrogens with one attached hydrogen (secondary N) is 1. The molecule has 0 bridgehead atoms. The monoisotopic (exact) mass is 252 g/mol. The summed E-state index contributed by atoms with van der Waals surface area (Å²) in [5.41, 5.74) is 0. The summed E-state index contributed by atoms with van der Waals surface area (Å²) in [6.07, 6.45) is 1.17. The zero-order valence-corrected chi connectivity index (χ0v) is 10.3. The van der Waals surface area contributed by atoms with Crippen molar-refractivity contribution in [2.75, 3.05) is 13.2 Å². The number of nitrogens with zero attached hydrogens (tertiary/aromatic N) is 1. The van der Waals surface area contributed by atoms with Crippen LogP contribution in [-0.4, -0.2) is 29.9 Å². The van der Waals surface area contributed by atoms with Gasteiger partial charge in [0.1, 0.15) is 5.78 Å². The minimum atomic E-state index is -4.31. The van der Waals surface area contributed by atoms with E-state index in [1.54, 1.807) is 0 Å². The lowest BCUT2D eigenvalue weighted by atomic mass is 10.1. The average molecular weight is 252 g/mol.